The Hall–Kier alpha value is -2.47. The summed E-state index contributed by atoms with van der Waals surface area (Å²) in [5.41, 5.74) is 1.45. The molecule has 1 amide bonds. The monoisotopic (exact) mass is 389 g/mol. The largest absolute Gasteiger partial charge is 0.449 e. The van der Waals surface area contributed by atoms with Gasteiger partial charge in [0.05, 0.1) is 5.56 Å². The van der Waals surface area contributed by atoms with Crippen LogP contribution in [0.4, 0.5) is 5.69 Å². The van der Waals surface area contributed by atoms with Gasteiger partial charge in [-0.1, -0.05) is 15.9 Å². The highest BCUT2D eigenvalue weighted by molar-refractivity contribution is 9.10. The van der Waals surface area contributed by atoms with Crippen LogP contribution < -0.4 is 5.32 Å². The number of hydrogen-bond acceptors (Lipinski definition) is 4. The number of halogens is 1. The zero-order valence-corrected chi connectivity index (χ0v) is 14.8. The third-order valence-corrected chi connectivity index (χ3v) is 3.82. The molecule has 0 saturated carbocycles. The summed E-state index contributed by atoms with van der Waals surface area (Å²) in [6.45, 7) is 2.97. The van der Waals surface area contributed by atoms with Crippen LogP contribution in [-0.2, 0) is 9.53 Å². The van der Waals surface area contributed by atoms with Crippen LogP contribution in [0.2, 0.25) is 0 Å². The topological polar surface area (TPSA) is 72.5 Å². The molecule has 6 heteroatoms. The third kappa shape index (κ3) is 4.76. The summed E-state index contributed by atoms with van der Waals surface area (Å²) in [6.07, 6.45) is -0.950. The number of carbonyl (C=O) groups is 3. The lowest BCUT2D eigenvalue weighted by Gasteiger charge is -2.13. The molecule has 0 aliphatic rings. The Kier molecular flexibility index (Phi) is 5.87. The Labute approximate surface area is 148 Å². The van der Waals surface area contributed by atoms with Crippen LogP contribution in [0.1, 0.15) is 34.6 Å². The van der Waals surface area contributed by atoms with E-state index in [0.717, 1.165) is 4.47 Å². The normalized spacial score (nSPS) is 11.5. The highest BCUT2D eigenvalue weighted by Crippen LogP contribution is 2.13. The predicted molar refractivity (Wildman–Crippen MR) is 94.1 cm³/mol. The first-order chi connectivity index (χ1) is 11.4. The molecule has 0 radical (unpaired) electrons. The molecule has 2 rings (SSSR count). The number of esters is 1. The van der Waals surface area contributed by atoms with Gasteiger partial charge in [-0.05, 0) is 62.4 Å². The van der Waals surface area contributed by atoms with E-state index in [2.05, 4.69) is 21.2 Å². The van der Waals surface area contributed by atoms with Crippen molar-refractivity contribution < 1.29 is 19.1 Å². The molecule has 5 nitrogen and oxygen atoms in total. The van der Waals surface area contributed by atoms with Crippen LogP contribution in [-0.4, -0.2) is 23.8 Å². The molecule has 0 aliphatic heterocycles. The molecule has 1 N–H and O–H groups in total. The van der Waals surface area contributed by atoms with E-state index in [1.54, 1.807) is 48.5 Å². The first-order valence-corrected chi connectivity index (χ1v) is 8.04. The lowest BCUT2D eigenvalue weighted by Crippen LogP contribution is -2.30. The molecule has 0 heterocycles. The maximum absolute atomic E-state index is 12.1. The Balaban J connectivity index is 1.95. The minimum absolute atomic E-state index is 0.0512. The zero-order valence-electron chi connectivity index (χ0n) is 13.2. The van der Waals surface area contributed by atoms with E-state index >= 15 is 0 Å². The highest BCUT2D eigenvalue weighted by atomic mass is 79.9. The Bertz CT molecular complexity index is 754. The average molecular weight is 390 g/mol. The van der Waals surface area contributed by atoms with E-state index in [9.17, 15) is 14.4 Å². The van der Waals surface area contributed by atoms with Crippen molar-refractivity contribution in [2.24, 2.45) is 0 Å². The van der Waals surface area contributed by atoms with E-state index in [-0.39, 0.29) is 5.78 Å². The lowest BCUT2D eigenvalue weighted by molar-refractivity contribution is -0.123. The summed E-state index contributed by atoms with van der Waals surface area (Å²) >= 11 is 3.28. The fourth-order valence-corrected chi connectivity index (χ4v) is 2.16. The summed E-state index contributed by atoms with van der Waals surface area (Å²) in [5, 5.41) is 2.64. The first kappa shape index (κ1) is 17.9. The molecule has 0 aliphatic carbocycles. The number of nitrogens with one attached hydrogen (secondary N) is 1. The molecule has 2 aromatic carbocycles. The van der Waals surface area contributed by atoms with Gasteiger partial charge in [-0.3, -0.25) is 9.59 Å². The van der Waals surface area contributed by atoms with Gasteiger partial charge in [-0.25, -0.2) is 4.79 Å². The number of ketones is 1. The molecule has 0 saturated heterocycles. The second-order valence-corrected chi connectivity index (χ2v) is 6.09. The molecule has 24 heavy (non-hydrogen) atoms. The zero-order chi connectivity index (χ0) is 17.7. The van der Waals surface area contributed by atoms with E-state index in [1.165, 1.54) is 13.8 Å². The number of ether oxygens (including phenoxy) is 1. The summed E-state index contributed by atoms with van der Waals surface area (Å²) in [7, 11) is 0. The fourth-order valence-electron chi connectivity index (χ4n) is 1.90. The minimum Gasteiger partial charge on any atom is -0.449 e. The third-order valence-electron chi connectivity index (χ3n) is 3.29. The number of benzene rings is 2. The van der Waals surface area contributed by atoms with E-state index in [1.807, 2.05) is 0 Å². The van der Waals surface area contributed by atoms with Crippen LogP contribution in [0.5, 0.6) is 0 Å². The Morgan fingerprint density at radius 1 is 0.958 bits per heavy atom. The molecule has 0 bridgehead atoms. The van der Waals surface area contributed by atoms with Crippen molar-refractivity contribution >= 4 is 39.3 Å². The second kappa shape index (κ2) is 7.88. The van der Waals surface area contributed by atoms with Crippen LogP contribution >= 0.6 is 15.9 Å². The minimum atomic E-state index is -0.950. The molecular weight excluding hydrogens is 374 g/mol. The van der Waals surface area contributed by atoms with Gasteiger partial charge in [-0.2, -0.15) is 0 Å². The maximum Gasteiger partial charge on any atom is 0.338 e. The summed E-state index contributed by atoms with van der Waals surface area (Å²) in [6, 6.07) is 13.1. The molecule has 124 valence electrons. The summed E-state index contributed by atoms with van der Waals surface area (Å²) < 4.78 is 6.00. The molecule has 2 aromatic rings. The van der Waals surface area contributed by atoms with Gasteiger partial charge in [0.25, 0.3) is 5.91 Å². The van der Waals surface area contributed by atoms with Gasteiger partial charge in [-0.15, -0.1) is 0 Å². The first-order valence-electron chi connectivity index (χ1n) is 7.25. The molecule has 1 atom stereocenters. The van der Waals surface area contributed by atoms with Gasteiger partial charge in [0.1, 0.15) is 0 Å². The van der Waals surface area contributed by atoms with Gasteiger partial charge in [0, 0.05) is 15.7 Å². The maximum atomic E-state index is 12.1. The molecule has 0 unspecified atom stereocenters. The van der Waals surface area contributed by atoms with E-state index in [0.29, 0.717) is 16.8 Å². The van der Waals surface area contributed by atoms with Crippen LogP contribution in [0.15, 0.2) is 53.0 Å². The number of amides is 1. The van der Waals surface area contributed by atoms with Gasteiger partial charge in [0.15, 0.2) is 11.9 Å². The van der Waals surface area contributed by atoms with Crippen molar-refractivity contribution in [3.63, 3.8) is 0 Å². The molecule has 0 spiro atoms. The summed E-state index contributed by atoms with van der Waals surface area (Å²) in [4.78, 5) is 35.3. The van der Waals surface area contributed by atoms with Gasteiger partial charge >= 0.3 is 5.97 Å². The highest BCUT2D eigenvalue weighted by Gasteiger charge is 2.19. The van der Waals surface area contributed by atoms with Crippen molar-refractivity contribution in [3.8, 4) is 0 Å². The standard InChI is InChI=1S/C18H16BrNO4/c1-11(21)13-5-9-16(10-6-13)20-17(22)12(2)24-18(23)14-3-7-15(19)8-4-14/h3-10,12H,1-2H3,(H,20,22)/t12-/m0/s1. The van der Waals surface area contributed by atoms with Gasteiger partial charge in [0.2, 0.25) is 0 Å². The van der Waals surface area contributed by atoms with Crippen molar-refractivity contribution in [3.05, 3.63) is 64.1 Å². The van der Waals surface area contributed by atoms with Crippen LogP contribution in [0.25, 0.3) is 0 Å². The number of hydrogen-bond donors (Lipinski definition) is 1. The van der Waals surface area contributed by atoms with Crippen LogP contribution in [0.3, 0.4) is 0 Å². The second-order valence-electron chi connectivity index (χ2n) is 5.18. The lowest BCUT2D eigenvalue weighted by atomic mass is 10.1. The molecular formula is C18H16BrNO4. The van der Waals surface area contributed by atoms with E-state index < -0.39 is 18.0 Å². The smallest absolute Gasteiger partial charge is 0.338 e. The Morgan fingerprint density at radius 2 is 1.50 bits per heavy atom. The van der Waals surface area contributed by atoms with Crippen molar-refractivity contribution in [1.29, 1.82) is 0 Å². The van der Waals surface area contributed by atoms with Crippen molar-refractivity contribution in [2.45, 2.75) is 20.0 Å². The van der Waals surface area contributed by atoms with Crippen LogP contribution in [0, 0.1) is 0 Å². The SMILES string of the molecule is CC(=O)c1ccc(NC(=O)[C@H](C)OC(=O)c2ccc(Br)cc2)cc1. The van der Waals surface area contributed by atoms with Gasteiger partial charge < -0.3 is 10.1 Å². The molecule has 0 aromatic heterocycles. The van der Waals surface area contributed by atoms with Crippen molar-refractivity contribution in [1.82, 2.24) is 0 Å². The van der Waals surface area contributed by atoms with Crippen molar-refractivity contribution in [2.75, 3.05) is 5.32 Å². The number of Topliss-reactive ketones (excluding diaryl/α,β-unsaturated/α-hetero) is 1. The van der Waals surface area contributed by atoms with E-state index in [4.69, 9.17) is 4.74 Å². The number of anilines is 1. The number of rotatable bonds is 5. The predicted octanol–water partition coefficient (Wildman–Crippen LogP) is 3.84. The summed E-state index contributed by atoms with van der Waals surface area (Å²) in [5.74, 6) is -1.07. The quantitative estimate of drug-likeness (QED) is 0.622. The fraction of sp³-hybridized carbons (Fsp3) is 0.167. The molecule has 0 fully saturated rings. The average Bonchev–Trinajstić information content (AvgIpc) is 2.55. The Morgan fingerprint density at radius 3 is 2.04 bits per heavy atom. The number of carbonyl (C=O) groups excluding carboxylic acids is 3.